The smallest absolute Gasteiger partial charge is 0.226 e. The normalized spacial score (nSPS) is 18.7. The number of aryl methyl sites for hydroxylation is 1. The van der Waals surface area contributed by atoms with Crippen LogP contribution in [-0.2, 0) is 4.79 Å². The number of nitrogens with one attached hydrogen (secondary N) is 2. The molecule has 1 fully saturated rings. The first-order valence-electron chi connectivity index (χ1n) is 6.37. The fourth-order valence-corrected chi connectivity index (χ4v) is 2.28. The van der Waals surface area contributed by atoms with Crippen LogP contribution in [-0.4, -0.2) is 25.6 Å². The van der Waals surface area contributed by atoms with Crippen LogP contribution < -0.4 is 15.4 Å². The Kier molecular flexibility index (Phi) is 4.20. The molecule has 1 aromatic rings. The van der Waals surface area contributed by atoms with Gasteiger partial charge in [0.1, 0.15) is 5.75 Å². The molecule has 98 valence electrons. The second-order valence-electron chi connectivity index (χ2n) is 4.75. The van der Waals surface area contributed by atoms with E-state index in [1.807, 2.05) is 25.1 Å². The van der Waals surface area contributed by atoms with E-state index in [-0.39, 0.29) is 5.91 Å². The standard InChI is InChI=1S/C14H20N2O2/c1-10-5-6-13(18-2)12(8-10)16-14(17)9-11-4-3-7-15-11/h5-6,8,11,15H,3-4,7,9H2,1-2H3,(H,16,17). The summed E-state index contributed by atoms with van der Waals surface area (Å²) in [5.41, 5.74) is 1.85. The van der Waals surface area contributed by atoms with Gasteiger partial charge in [-0.2, -0.15) is 0 Å². The van der Waals surface area contributed by atoms with E-state index in [0.717, 1.165) is 30.6 Å². The number of hydrogen-bond donors (Lipinski definition) is 2. The molecule has 18 heavy (non-hydrogen) atoms. The first-order chi connectivity index (χ1) is 8.69. The number of carbonyl (C=O) groups is 1. The second-order valence-corrected chi connectivity index (χ2v) is 4.75. The van der Waals surface area contributed by atoms with Crippen molar-refractivity contribution < 1.29 is 9.53 Å². The molecule has 1 amide bonds. The summed E-state index contributed by atoms with van der Waals surface area (Å²) in [5, 5.41) is 6.25. The fraction of sp³-hybridized carbons (Fsp3) is 0.500. The van der Waals surface area contributed by atoms with Gasteiger partial charge in [-0.25, -0.2) is 0 Å². The monoisotopic (exact) mass is 248 g/mol. The minimum Gasteiger partial charge on any atom is -0.495 e. The van der Waals surface area contributed by atoms with Crippen molar-refractivity contribution in [3.63, 3.8) is 0 Å². The van der Waals surface area contributed by atoms with E-state index >= 15 is 0 Å². The molecule has 1 aromatic carbocycles. The summed E-state index contributed by atoms with van der Waals surface area (Å²) in [4.78, 5) is 11.9. The molecule has 2 N–H and O–H groups in total. The summed E-state index contributed by atoms with van der Waals surface area (Å²) >= 11 is 0. The zero-order valence-electron chi connectivity index (χ0n) is 11.0. The van der Waals surface area contributed by atoms with E-state index in [9.17, 15) is 4.79 Å². The van der Waals surface area contributed by atoms with Gasteiger partial charge in [0.2, 0.25) is 5.91 Å². The number of benzene rings is 1. The van der Waals surface area contributed by atoms with E-state index in [4.69, 9.17) is 4.74 Å². The van der Waals surface area contributed by atoms with Crippen LogP contribution in [0, 0.1) is 6.92 Å². The van der Waals surface area contributed by atoms with Crippen molar-refractivity contribution in [1.82, 2.24) is 5.32 Å². The van der Waals surface area contributed by atoms with Crippen molar-refractivity contribution in [3.8, 4) is 5.75 Å². The van der Waals surface area contributed by atoms with Crippen LogP contribution >= 0.6 is 0 Å². The Morgan fingerprint density at radius 2 is 2.39 bits per heavy atom. The number of rotatable bonds is 4. The van der Waals surface area contributed by atoms with Crippen molar-refractivity contribution >= 4 is 11.6 Å². The van der Waals surface area contributed by atoms with Gasteiger partial charge in [-0.3, -0.25) is 4.79 Å². The molecule has 1 unspecified atom stereocenters. The van der Waals surface area contributed by atoms with Crippen molar-refractivity contribution in [3.05, 3.63) is 23.8 Å². The zero-order valence-corrected chi connectivity index (χ0v) is 11.0. The van der Waals surface area contributed by atoms with Crippen LogP contribution in [0.1, 0.15) is 24.8 Å². The molecule has 2 rings (SSSR count). The lowest BCUT2D eigenvalue weighted by atomic mass is 10.1. The highest BCUT2D eigenvalue weighted by atomic mass is 16.5. The predicted molar refractivity (Wildman–Crippen MR) is 72.0 cm³/mol. The first-order valence-corrected chi connectivity index (χ1v) is 6.37. The van der Waals surface area contributed by atoms with Gasteiger partial charge < -0.3 is 15.4 Å². The van der Waals surface area contributed by atoms with Crippen LogP contribution in [0.2, 0.25) is 0 Å². The van der Waals surface area contributed by atoms with E-state index in [1.54, 1.807) is 7.11 Å². The van der Waals surface area contributed by atoms with E-state index in [0.29, 0.717) is 18.2 Å². The van der Waals surface area contributed by atoms with Gasteiger partial charge in [0.05, 0.1) is 12.8 Å². The highest BCUT2D eigenvalue weighted by Crippen LogP contribution is 2.25. The predicted octanol–water partition coefficient (Wildman–Crippen LogP) is 2.08. The Hall–Kier alpha value is -1.55. The summed E-state index contributed by atoms with van der Waals surface area (Å²) in [6.07, 6.45) is 2.77. The molecule has 0 aromatic heterocycles. The average Bonchev–Trinajstić information content (AvgIpc) is 2.82. The van der Waals surface area contributed by atoms with E-state index in [2.05, 4.69) is 10.6 Å². The topological polar surface area (TPSA) is 50.4 Å². The van der Waals surface area contributed by atoms with Crippen LogP contribution in [0.15, 0.2) is 18.2 Å². The molecular weight excluding hydrogens is 228 g/mol. The van der Waals surface area contributed by atoms with Crippen molar-refractivity contribution in [2.24, 2.45) is 0 Å². The Balaban J connectivity index is 1.99. The number of hydrogen-bond acceptors (Lipinski definition) is 3. The maximum absolute atomic E-state index is 11.9. The molecule has 1 atom stereocenters. The number of carbonyl (C=O) groups excluding carboxylic acids is 1. The third-order valence-corrected chi connectivity index (χ3v) is 3.22. The van der Waals surface area contributed by atoms with Gasteiger partial charge >= 0.3 is 0 Å². The highest BCUT2D eigenvalue weighted by molar-refractivity contribution is 5.92. The third kappa shape index (κ3) is 3.23. The van der Waals surface area contributed by atoms with Crippen molar-refractivity contribution in [2.45, 2.75) is 32.2 Å². The van der Waals surface area contributed by atoms with Gasteiger partial charge in [-0.05, 0) is 44.0 Å². The molecule has 4 heteroatoms. The molecule has 0 saturated carbocycles. The van der Waals surface area contributed by atoms with Gasteiger partial charge in [0.25, 0.3) is 0 Å². The molecule has 1 saturated heterocycles. The second kappa shape index (κ2) is 5.87. The molecule has 0 radical (unpaired) electrons. The first kappa shape index (κ1) is 12.9. The Morgan fingerprint density at radius 3 is 3.06 bits per heavy atom. The van der Waals surface area contributed by atoms with Crippen LogP contribution in [0.25, 0.3) is 0 Å². The van der Waals surface area contributed by atoms with Gasteiger partial charge in [0, 0.05) is 12.5 Å². The maximum atomic E-state index is 11.9. The van der Waals surface area contributed by atoms with Gasteiger partial charge in [-0.1, -0.05) is 6.07 Å². The van der Waals surface area contributed by atoms with Crippen molar-refractivity contribution in [2.75, 3.05) is 19.0 Å². The molecule has 0 spiro atoms. The van der Waals surface area contributed by atoms with E-state index < -0.39 is 0 Å². The highest BCUT2D eigenvalue weighted by Gasteiger charge is 2.18. The van der Waals surface area contributed by atoms with Crippen LogP contribution in [0.5, 0.6) is 5.75 Å². The minimum absolute atomic E-state index is 0.0401. The summed E-state index contributed by atoms with van der Waals surface area (Å²) < 4.78 is 5.24. The number of anilines is 1. The Labute approximate surface area is 108 Å². The summed E-state index contributed by atoms with van der Waals surface area (Å²) in [5.74, 6) is 0.742. The SMILES string of the molecule is COc1ccc(C)cc1NC(=O)CC1CCCN1. The number of ether oxygens (including phenoxy) is 1. The number of methoxy groups -OCH3 is 1. The van der Waals surface area contributed by atoms with E-state index in [1.165, 1.54) is 0 Å². The fourth-order valence-electron chi connectivity index (χ4n) is 2.28. The minimum atomic E-state index is 0.0401. The Bertz CT molecular complexity index is 426. The zero-order chi connectivity index (χ0) is 13.0. The molecule has 1 aliphatic heterocycles. The van der Waals surface area contributed by atoms with Crippen molar-refractivity contribution in [1.29, 1.82) is 0 Å². The quantitative estimate of drug-likeness (QED) is 0.857. The maximum Gasteiger partial charge on any atom is 0.226 e. The average molecular weight is 248 g/mol. The molecule has 1 aliphatic rings. The molecular formula is C14H20N2O2. The van der Waals surface area contributed by atoms with Crippen LogP contribution in [0.3, 0.4) is 0 Å². The Morgan fingerprint density at radius 1 is 1.56 bits per heavy atom. The largest absolute Gasteiger partial charge is 0.495 e. The lowest BCUT2D eigenvalue weighted by Gasteiger charge is -2.13. The van der Waals surface area contributed by atoms with Gasteiger partial charge in [0.15, 0.2) is 0 Å². The molecule has 0 aliphatic carbocycles. The van der Waals surface area contributed by atoms with Gasteiger partial charge in [-0.15, -0.1) is 0 Å². The van der Waals surface area contributed by atoms with Crippen LogP contribution in [0.4, 0.5) is 5.69 Å². The summed E-state index contributed by atoms with van der Waals surface area (Å²) in [7, 11) is 1.61. The third-order valence-electron chi connectivity index (χ3n) is 3.22. The molecule has 4 nitrogen and oxygen atoms in total. The lowest BCUT2D eigenvalue weighted by Crippen LogP contribution is -2.27. The molecule has 1 heterocycles. The summed E-state index contributed by atoms with van der Waals surface area (Å²) in [6, 6.07) is 6.09. The number of amides is 1. The lowest BCUT2D eigenvalue weighted by molar-refractivity contribution is -0.116. The molecule has 0 bridgehead atoms. The summed E-state index contributed by atoms with van der Waals surface area (Å²) in [6.45, 7) is 3.01.